The van der Waals surface area contributed by atoms with Gasteiger partial charge in [0.15, 0.2) is 11.5 Å². The van der Waals surface area contributed by atoms with Crippen LogP contribution in [0.25, 0.3) is 11.1 Å². The number of carbonyl (C=O) groups is 1. The topological polar surface area (TPSA) is 130 Å². The first-order valence-electron chi connectivity index (χ1n) is 13.9. The lowest BCUT2D eigenvalue weighted by molar-refractivity contribution is -0.160. The third-order valence-electron chi connectivity index (χ3n) is 7.29. The Morgan fingerprint density at radius 1 is 0.977 bits per heavy atom. The number of aliphatic carboxylic acids is 1. The molecule has 0 saturated carbocycles. The van der Waals surface area contributed by atoms with Crippen LogP contribution < -0.4 is 24.3 Å². The van der Waals surface area contributed by atoms with E-state index in [4.69, 9.17) is 30.5 Å². The predicted octanol–water partition coefficient (Wildman–Crippen LogP) is 6.00. The van der Waals surface area contributed by atoms with Crippen molar-refractivity contribution in [1.82, 2.24) is 5.32 Å². The minimum Gasteiger partial charge on any atom is -0.488 e. The number of carboxylic acid groups (broad SMARTS) is 1. The Bertz CT molecular complexity index is 1730. The van der Waals surface area contributed by atoms with Crippen molar-refractivity contribution < 1.29 is 34.0 Å². The van der Waals surface area contributed by atoms with Gasteiger partial charge in [0.25, 0.3) is 0 Å². The first kappa shape index (κ1) is 30.7. The molecule has 3 N–H and O–H groups in total. The monoisotopic (exact) mass is 614 g/mol. The molecule has 0 aromatic heterocycles. The molecule has 0 aliphatic carbocycles. The van der Waals surface area contributed by atoms with E-state index in [1.54, 1.807) is 30.3 Å². The van der Waals surface area contributed by atoms with Crippen molar-refractivity contribution >= 4 is 17.6 Å². The fraction of sp³-hybridized carbons (Fsp3) is 0.235. The van der Waals surface area contributed by atoms with Crippen LogP contribution in [0.1, 0.15) is 34.7 Å². The highest BCUT2D eigenvalue weighted by Gasteiger charge is 2.29. The molecular formula is C34H31ClN2O7. The highest BCUT2D eigenvalue weighted by Crippen LogP contribution is 2.37. The van der Waals surface area contributed by atoms with Crippen LogP contribution in [0.2, 0.25) is 5.02 Å². The molecule has 44 heavy (non-hydrogen) atoms. The maximum absolute atomic E-state index is 11.4. The van der Waals surface area contributed by atoms with Gasteiger partial charge in [-0.3, -0.25) is 5.32 Å². The van der Waals surface area contributed by atoms with E-state index in [9.17, 15) is 20.3 Å². The average Bonchev–Trinajstić information content (AvgIpc) is 3.03. The van der Waals surface area contributed by atoms with E-state index in [0.29, 0.717) is 41.6 Å². The number of nitriles is 1. The summed E-state index contributed by atoms with van der Waals surface area (Å²) in [5, 5.41) is 31.6. The molecule has 9 nitrogen and oxygen atoms in total. The fourth-order valence-electron chi connectivity index (χ4n) is 4.71. The number of nitrogens with one attached hydrogen (secondary N) is 1. The summed E-state index contributed by atoms with van der Waals surface area (Å²) in [6.07, 6.45) is 0. The van der Waals surface area contributed by atoms with Crippen LogP contribution in [-0.4, -0.2) is 35.1 Å². The van der Waals surface area contributed by atoms with E-state index in [0.717, 1.165) is 40.5 Å². The Balaban J connectivity index is 1.38. The van der Waals surface area contributed by atoms with Gasteiger partial charge in [-0.15, -0.1) is 0 Å². The summed E-state index contributed by atoms with van der Waals surface area (Å²) in [5.74, 6) is 0.765. The Morgan fingerprint density at radius 3 is 2.50 bits per heavy atom. The Hall–Kier alpha value is -4.75. The number of nitrogens with zero attached hydrogens (tertiary/aromatic N) is 1. The van der Waals surface area contributed by atoms with Gasteiger partial charge in [0.1, 0.15) is 37.9 Å². The molecule has 1 heterocycles. The fourth-order valence-corrected chi connectivity index (χ4v) is 4.95. The zero-order valence-electron chi connectivity index (χ0n) is 24.2. The molecule has 0 radical (unpaired) electrons. The van der Waals surface area contributed by atoms with E-state index in [1.807, 2.05) is 49.4 Å². The second kappa shape index (κ2) is 13.3. The summed E-state index contributed by atoms with van der Waals surface area (Å²) in [4.78, 5) is 11.4. The molecule has 4 aromatic carbocycles. The minimum absolute atomic E-state index is 0.0520. The van der Waals surface area contributed by atoms with Gasteiger partial charge in [-0.25, -0.2) is 4.79 Å². The molecule has 0 fully saturated rings. The molecule has 0 amide bonds. The molecule has 1 aliphatic heterocycles. The molecule has 0 spiro atoms. The third-order valence-corrected chi connectivity index (χ3v) is 7.58. The van der Waals surface area contributed by atoms with E-state index >= 15 is 0 Å². The predicted molar refractivity (Wildman–Crippen MR) is 164 cm³/mol. The van der Waals surface area contributed by atoms with E-state index in [-0.39, 0.29) is 24.8 Å². The van der Waals surface area contributed by atoms with E-state index in [1.165, 1.54) is 0 Å². The average molecular weight is 615 g/mol. The number of hydrogen-bond acceptors (Lipinski definition) is 8. The summed E-state index contributed by atoms with van der Waals surface area (Å²) < 4.78 is 23.7. The van der Waals surface area contributed by atoms with Gasteiger partial charge in [-0.1, -0.05) is 48.0 Å². The van der Waals surface area contributed by atoms with Gasteiger partial charge in [0.2, 0.25) is 5.72 Å². The molecule has 1 aliphatic rings. The summed E-state index contributed by atoms with van der Waals surface area (Å²) >= 11 is 6.62. The molecule has 1 atom stereocenters. The quantitative estimate of drug-likeness (QED) is 0.174. The summed E-state index contributed by atoms with van der Waals surface area (Å²) in [7, 11) is 0. The largest absolute Gasteiger partial charge is 0.488 e. The van der Waals surface area contributed by atoms with Crippen molar-refractivity contribution in [3.63, 3.8) is 0 Å². The highest BCUT2D eigenvalue weighted by molar-refractivity contribution is 6.32. The first-order valence-corrected chi connectivity index (χ1v) is 14.3. The second-order valence-electron chi connectivity index (χ2n) is 10.5. The van der Waals surface area contributed by atoms with Crippen LogP contribution in [0, 0.1) is 18.3 Å². The number of fused-ring (bicyclic) bond motifs is 1. The smallest absolute Gasteiger partial charge is 0.350 e. The van der Waals surface area contributed by atoms with Crippen LogP contribution >= 0.6 is 11.6 Å². The van der Waals surface area contributed by atoms with Gasteiger partial charge in [0.05, 0.1) is 16.7 Å². The summed E-state index contributed by atoms with van der Waals surface area (Å²) in [6, 6.07) is 24.3. The van der Waals surface area contributed by atoms with Gasteiger partial charge in [-0.2, -0.15) is 5.26 Å². The molecular weight excluding hydrogens is 584 g/mol. The van der Waals surface area contributed by atoms with Crippen LogP contribution in [0.15, 0.2) is 72.8 Å². The van der Waals surface area contributed by atoms with Gasteiger partial charge < -0.3 is 29.2 Å². The molecule has 5 rings (SSSR count). The number of benzene rings is 4. The maximum Gasteiger partial charge on any atom is 0.350 e. The van der Waals surface area contributed by atoms with Crippen molar-refractivity contribution in [3.8, 4) is 40.2 Å². The van der Waals surface area contributed by atoms with Crippen LogP contribution in [0.5, 0.6) is 23.0 Å². The van der Waals surface area contributed by atoms with Crippen LogP contribution in [0.4, 0.5) is 0 Å². The lowest BCUT2D eigenvalue weighted by Gasteiger charge is -2.22. The number of aliphatic hydroxyl groups is 1. The second-order valence-corrected chi connectivity index (χ2v) is 10.9. The normalized spacial score (nSPS) is 13.4. The number of carboxylic acids is 1. The number of halogens is 1. The van der Waals surface area contributed by atoms with Crippen molar-refractivity contribution in [2.24, 2.45) is 0 Å². The van der Waals surface area contributed by atoms with Crippen molar-refractivity contribution in [1.29, 1.82) is 5.26 Å². The van der Waals surface area contributed by atoms with Crippen LogP contribution in [-0.2, 0) is 24.6 Å². The third kappa shape index (κ3) is 7.06. The van der Waals surface area contributed by atoms with Crippen molar-refractivity contribution in [3.05, 3.63) is 106 Å². The number of hydrogen-bond donors (Lipinski definition) is 3. The molecule has 226 valence electrons. The Kier molecular flexibility index (Phi) is 9.26. The standard InChI is InChI=1S/C34H31ClN2O7/c1-21-25(7-4-8-27(21)24-9-10-29-32(15-24)42-12-11-41-29)20-44-31-16-30(43-19-23-6-3-5-22(13-23)17-36)26(14-28(31)35)18-37-34(2,40)33(38)39/h3-10,13-16,37,40H,11-12,18-20H2,1-2H3,(H,38,39)/t34-/m1/s1. The minimum atomic E-state index is -2.17. The highest BCUT2D eigenvalue weighted by atomic mass is 35.5. The van der Waals surface area contributed by atoms with Crippen molar-refractivity contribution in [2.75, 3.05) is 13.2 Å². The van der Waals surface area contributed by atoms with E-state index < -0.39 is 11.7 Å². The lowest BCUT2D eigenvalue weighted by atomic mass is 9.96. The summed E-state index contributed by atoms with van der Waals surface area (Å²) in [6.45, 7) is 4.51. The Morgan fingerprint density at radius 2 is 1.73 bits per heavy atom. The van der Waals surface area contributed by atoms with E-state index in [2.05, 4.69) is 11.4 Å². The van der Waals surface area contributed by atoms with Crippen molar-refractivity contribution in [2.45, 2.75) is 39.3 Å². The molecule has 0 unspecified atom stereocenters. The van der Waals surface area contributed by atoms with Gasteiger partial charge >= 0.3 is 5.97 Å². The van der Waals surface area contributed by atoms with Crippen LogP contribution in [0.3, 0.4) is 0 Å². The SMILES string of the molecule is Cc1c(COc2cc(OCc3cccc(C#N)c3)c(CN[C@](C)(O)C(=O)O)cc2Cl)cccc1-c1ccc2c(c1)OCCO2. The van der Waals surface area contributed by atoms with Gasteiger partial charge in [0, 0.05) is 18.2 Å². The Labute approximate surface area is 260 Å². The zero-order valence-corrected chi connectivity index (χ0v) is 25.0. The molecule has 10 heteroatoms. The summed E-state index contributed by atoms with van der Waals surface area (Å²) in [5.41, 5.74) is 3.63. The lowest BCUT2D eigenvalue weighted by Crippen LogP contribution is -2.48. The van der Waals surface area contributed by atoms with Gasteiger partial charge in [-0.05, 0) is 72.0 Å². The first-order chi connectivity index (χ1) is 21.1. The zero-order chi connectivity index (χ0) is 31.3. The number of ether oxygens (including phenoxy) is 4. The maximum atomic E-state index is 11.4. The number of rotatable bonds is 11. The molecule has 0 bridgehead atoms. The molecule has 0 saturated heterocycles. The molecule has 4 aromatic rings.